The Morgan fingerprint density at radius 3 is 1.84 bits per heavy atom. The number of likely N-dealkylation sites (tertiary alicyclic amines) is 1. The number of hydrogen-bond acceptors (Lipinski definition) is 12. The fourth-order valence-electron chi connectivity index (χ4n) is 6.02. The molecule has 4 aromatic rings. The average molecular weight is 813 g/mol. The number of carbonyl (C=O) groups is 6. The van der Waals surface area contributed by atoms with Crippen molar-refractivity contribution >= 4 is 46.9 Å². The molecule has 4 aromatic heterocycles. The van der Waals surface area contributed by atoms with Crippen LogP contribution < -0.4 is 27.4 Å². The number of nitrogens with one attached hydrogen (secondary N) is 3. The van der Waals surface area contributed by atoms with Gasteiger partial charge in [-0.05, 0) is 62.9 Å². The summed E-state index contributed by atoms with van der Waals surface area (Å²) in [5.41, 5.74) is 12.6. The summed E-state index contributed by atoms with van der Waals surface area (Å²) in [5, 5.41) is 16.2. The molecule has 0 aliphatic carbocycles. The van der Waals surface area contributed by atoms with Gasteiger partial charge in [-0.15, -0.1) is 0 Å². The van der Waals surface area contributed by atoms with E-state index in [1.165, 1.54) is 43.4 Å². The Morgan fingerprint density at radius 1 is 0.793 bits per heavy atom. The zero-order valence-corrected chi connectivity index (χ0v) is 31.6. The molecule has 2 saturated heterocycles. The van der Waals surface area contributed by atoms with Gasteiger partial charge >= 0.3 is 29.9 Å². The van der Waals surface area contributed by atoms with Crippen molar-refractivity contribution in [3.63, 3.8) is 0 Å². The van der Waals surface area contributed by atoms with E-state index in [-0.39, 0.29) is 28.5 Å². The Balaban J connectivity index is 0.000000205. The number of nitrogens with zero attached hydrogens (tertiary/aromatic N) is 7. The van der Waals surface area contributed by atoms with Crippen molar-refractivity contribution < 1.29 is 46.7 Å². The van der Waals surface area contributed by atoms with Crippen LogP contribution in [0.5, 0.6) is 0 Å². The van der Waals surface area contributed by atoms with Gasteiger partial charge in [-0.1, -0.05) is 6.42 Å². The summed E-state index contributed by atoms with van der Waals surface area (Å²) in [4.78, 5) is 78.3. The minimum absolute atomic E-state index is 0.0496. The van der Waals surface area contributed by atoms with Crippen LogP contribution in [-0.2, 0) is 38.0 Å². The smallest absolute Gasteiger partial charge is 0.422 e. The minimum atomic E-state index is -4.73. The van der Waals surface area contributed by atoms with E-state index in [1.807, 2.05) is 36.4 Å². The largest absolute Gasteiger partial charge is 0.449 e. The molecule has 6 rings (SSSR count). The number of nitrogens with two attached hydrogens (primary N) is 2. The lowest BCUT2D eigenvalue weighted by molar-refractivity contribution is -0.186. The summed E-state index contributed by atoms with van der Waals surface area (Å²) in [6, 6.07) is 6.78. The van der Waals surface area contributed by atoms with Gasteiger partial charge in [0, 0.05) is 51.5 Å². The summed E-state index contributed by atoms with van der Waals surface area (Å²) in [5.74, 6) is -6.03. The van der Waals surface area contributed by atoms with Gasteiger partial charge in [0.1, 0.15) is 0 Å². The predicted molar refractivity (Wildman–Crippen MR) is 199 cm³/mol. The molecule has 2 aliphatic heterocycles. The van der Waals surface area contributed by atoms with Crippen LogP contribution in [0.4, 0.5) is 24.5 Å². The van der Waals surface area contributed by atoms with E-state index < -0.39 is 48.3 Å². The molecule has 0 bridgehead atoms. The van der Waals surface area contributed by atoms with Crippen LogP contribution in [0, 0.1) is 0 Å². The van der Waals surface area contributed by atoms with Crippen molar-refractivity contribution in [1.82, 2.24) is 39.7 Å². The number of hydrogen-bond donors (Lipinski definition) is 5. The van der Waals surface area contributed by atoms with Crippen LogP contribution in [0.3, 0.4) is 0 Å². The van der Waals surface area contributed by atoms with Gasteiger partial charge in [-0.2, -0.15) is 23.4 Å². The number of alkyl halides is 3. The molecule has 2 unspecified atom stereocenters. The van der Waals surface area contributed by atoms with Gasteiger partial charge in [-0.25, -0.2) is 4.79 Å². The number of primary amides is 2. The van der Waals surface area contributed by atoms with Crippen LogP contribution in [0.2, 0.25) is 0 Å². The first kappa shape index (κ1) is 44.0. The molecule has 58 heavy (non-hydrogen) atoms. The van der Waals surface area contributed by atoms with Crippen LogP contribution in [0.15, 0.2) is 61.4 Å². The van der Waals surface area contributed by atoms with Gasteiger partial charge in [0.05, 0.1) is 52.3 Å². The van der Waals surface area contributed by atoms with E-state index in [4.69, 9.17) is 11.5 Å². The lowest BCUT2D eigenvalue weighted by Gasteiger charge is -2.35. The molecule has 2 atom stereocenters. The molecule has 2 aliphatic rings. The summed E-state index contributed by atoms with van der Waals surface area (Å²) in [6.07, 6.45) is 10.1. The van der Waals surface area contributed by atoms with E-state index >= 15 is 0 Å². The SMILES string of the molecule is Cn1nccc1C1CCCCN1.Cn1nccc1C1CCCCN1C(=O)C(=O)Nc1cncc(C(N)=O)c1.NC(=O)c1cncc(NC(=O)C(=O)OCC(F)(F)F)c1. The lowest BCUT2D eigenvalue weighted by Crippen LogP contribution is -2.44. The highest BCUT2D eigenvalue weighted by atomic mass is 19.4. The highest BCUT2D eigenvalue weighted by molar-refractivity contribution is 6.39. The van der Waals surface area contributed by atoms with Crippen molar-refractivity contribution in [2.45, 2.75) is 56.8 Å². The molecular formula is C36H43F3N12O7. The van der Waals surface area contributed by atoms with Gasteiger partial charge in [0.2, 0.25) is 11.8 Å². The molecule has 0 radical (unpaired) electrons. The fraction of sp³-hybridized carbons (Fsp3) is 0.389. The third-order valence-corrected chi connectivity index (χ3v) is 8.80. The van der Waals surface area contributed by atoms with Gasteiger partial charge in [0.25, 0.3) is 0 Å². The number of aromatic nitrogens is 6. The highest BCUT2D eigenvalue weighted by Crippen LogP contribution is 2.31. The molecule has 2 fully saturated rings. The first-order valence-corrected chi connectivity index (χ1v) is 17.9. The number of anilines is 2. The van der Waals surface area contributed by atoms with Gasteiger partial charge in [0.15, 0.2) is 6.61 Å². The molecule has 6 heterocycles. The summed E-state index contributed by atoms with van der Waals surface area (Å²) < 4.78 is 42.7. The number of halogens is 3. The Hall–Kier alpha value is -6.71. The van der Waals surface area contributed by atoms with Crippen LogP contribution in [0.1, 0.15) is 82.7 Å². The third kappa shape index (κ3) is 12.9. The first-order chi connectivity index (χ1) is 27.5. The van der Waals surface area contributed by atoms with Crippen LogP contribution >= 0.6 is 0 Å². The summed E-state index contributed by atoms with van der Waals surface area (Å²) >= 11 is 0. The van der Waals surface area contributed by atoms with Crippen molar-refractivity contribution in [3.05, 3.63) is 84.0 Å². The van der Waals surface area contributed by atoms with Crippen LogP contribution in [-0.4, -0.2) is 95.8 Å². The van der Waals surface area contributed by atoms with E-state index in [0.717, 1.165) is 50.0 Å². The quantitative estimate of drug-likeness (QED) is 0.133. The molecule has 5 amide bonds. The molecule has 22 heteroatoms. The zero-order valence-electron chi connectivity index (χ0n) is 31.6. The van der Waals surface area contributed by atoms with E-state index in [0.29, 0.717) is 12.6 Å². The minimum Gasteiger partial charge on any atom is -0.449 e. The predicted octanol–water partition coefficient (Wildman–Crippen LogP) is 2.07. The van der Waals surface area contributed by atoms with Gasteiger partial charge in [-0.3, -0.25) is 43.3 Å². The second kappa shape index (κ2) is 20.5. The monoisotopic (exact) mass is 812 g/mol. The number of pyridine rings is 2. The summed E-state index contributed by atoms with van der Waals surface area (Å²) in [7, 11) is 3.82. The molecule has 0 saturated carbocycles. The Morgan fingerprint density at radius 2 is 1.34 bits per heavy atom. The normalized spacial score (nSPS) is 16.3. The van der Waals surface area contributed by atoms with E-state index in [9.17, 15) is 41.9 Å². The third-order valence-electron chi connectivity index (χ3n) is 8.80. The number of carbonyl (C=O) groups excluding carboxylic acids is 6. The molecular weight excluding hydrogens is 769 g/mol. The van der Waals surface area contributed by atoms with Crippen molar-refractivity contribution in [2.75, 3.05) is 30.3 Å². The number of ether oxygens (including phenoxy) is 1. The maximum Gasteiger partial charge on any atom is 0.422 e. The van der Waals surface area contributed by atoms with Gasteiger partial charge < -0.3 is 37.1 Å². The molecule has 0 spiro atoms. The zero-order chi connectivity index (χ0) is 42.4. The Kier molecular flexibility index (Phi) is 15.5. The van der Waals surface area contributed by atoms with Crippen molar-refractivity contribution in [1.29, 1.82) is 0 Å². The maximum absolute atomic E-state index is 12.7. The lowest BCUT2D eigenvalue weighted by atomic mass is 9.99. The first-order valence-electron chi connectivity index (χ1n) is 17.9. The number of rotatable bonds is 7. The molecule has 310 valence electrons. The summed E-state index contributed by atoms with van der Waals surface area (Å²) in [6.45, 7) is -0.226. The Labute approximate surface area is 329 Å². The fourth-order valence-corrected chi connectivity index (χ4v) is 6.02. The highest BCUT2D eigenvalue weighted by Gasteiger charge is 2.34. The molecule has 0 aromatic carbocycles. The van der Waals surface area contributed by atoms with E-state index in [2.05, 4.69) is 41.6 Å². The number of piperidine rings is 2. The van der Waals surface area contributed by atoms with Crippen molar-refractivity contribution in [2.24, 2.45) is 25.6 Å². The number of aryl methyl sites for hydroxylation is 2. The van der Waals surface area contributed by atoms with E-state index in [1.54, 1.807) is 15.8 Å². The second-order valence-corrected chi connectivity index (χ2v) is 13.0. The topological polar surface area (TPSA) is 264 Å². The second-order valence-electron chi connectivity index (χ2n) is 13.0. The standard InChI is InChI=1S/C17H20N6O3.C10H8F3N3O4.C9H15N3/c1-22-13(5-6-20-22)14-4-2-3-7-23(14)17(26)16(25)21-12-8-11(15(18)24)9-19-10-12;11-10(12,13)4-20-9(19)8(18)16-6-1-5(7(14)17)2-15-3-6;1-12-9(5-7-11-12)8-4-2-3-6-10-8/h5-6,8-10,14H,2-4,7H2,1H3,(H2,18,24)(H,21,25);1-3H,4H2,(H2,14,17)(H,16,18);5,7-8,10H,2-4,6H2,1H3. The maximum atomic E-state index is 12.7. The number of amides is 5. The number of esters is 1. The molecule has 19 nitrogen and oxygen atoms in total. The molecule has 7 N–H and O–H groups in total. The average Bonchev–Trinajstić information content (AvgIpc) is 3.84. The van der Waals surface area contributed by atoms with Crippen molar-refractivity contribution in [3.8, 4) is 0 Å². The van der Waals surface area contributed by atoms with Crippen LogP contribution in [0.25, 0.3) is 0 Å². The Bertz CT molecular complexity index is 2080.